The van der Waals surface area contributed by atoms with Gasteiger partial charge in [-0.25, -0.2) is 0 Å². The molecule has 0 heterocycles. The fraction of sp³-hybridized carbons (Fsp3) is 0.375. The number of amides is 1. The highest BCUT2D eigenvalue weighted by atomic mass is 16.9. The van der Waals surface area contributed by atoms with Crippen molar-refractivity contribution < 1.29 is 14.5 Å². The third-order valence-corrected chi connectivity index (χ3v) is 0.939. The molecule has 0 spiro atoms. The maximum atomic E-state index is 11.0. The average molecular weight is 167 g/mol. The van der Waals surface area contributed by atoms with E-state index in [1.54, 1.807) is 12.2 Å². The van der Waals surface area contributed by atoms with E-state index in [1.165, 1.54) is 0 Å². The van der Waals surface area contributed by atoms with Crippen LogP contribution in [0.2, 0.25) is 0 Å². The van der Waals surface area contributed by atoms with Crippen molar-refractivity contribution in [2.24, 2.45) is 0 Å². The molecule has 0 aliphatic rings. The van der Waals surface area contributed by atoms with Crippen molar-refractivity contribution in [2.75, 3.05) is 0 Å². The number of hydrogen-bond acceptors (Lipinski definition) is 3. The summed E-state index contributed by atoms with van der Waals surface area (Å²) in [6, 6.07) is 0. The Labute approximate surface area is 71.3 Å². The van der Waals surface area contributed by atoms with Crippen LogP contribution in [0.25, 0.3) is 0 Å². The first-order valence-corrected chi connectivity index (χ1v) is 3.34. The van der Waals surface area contributed by atoms with E-state index in [4.69, 9.17) is 12.8 Å². The highest BCUT2D eigenvalue weighted by molar-refractivity contribution is 5.74. The summed E-state index contributed by atoms with van der Waals surface area (Å²) < 4.78 is 0. The van der Waals surface area contributed by atoms with Crippen molar-refractivity contribution in [3.63, 3.8) is 0 Å². The van der Waals surface area contributed by atoms with Crippen LogP contribution in [0.5, 0.6) is 0 Å². The molecule has 0 fully saturated rings. The van der Waals surface area contributed by atoms with Gasteiger partial charge in [0, 0.05) is 11.6 Å². The molecule has 0 saturated carbocycles. The van der Waals surface area contributed by atoms with Crippen molar-refractivity contribution in [1.29, 1.82) is 0 Å². The largest absolute Gasteiger partial charge is 0.298 e. The van der Waals surface area contributed by atoms with Crippen LogP contribution in [0.15, 0.2) is 0 Å². The normalized spacial score (nSPS) is 7.58. The molecule has 0 aromatic heterocycles. The molecule has 0 rings (SSSR count). The average Bonchev–Trinajstić information content (AvgIpc) is 2.04. The van der Waals surface area contributed by atoms with E-state index in [0.717, 1.165) is 0 Å². The standard InChI is InChI=1S/C8H9NO3/c1-4-7-8(10)9(11-5-2)12-6-3/h2-3H,4,7H2,1H3. The molecule has 0 aromatic rings. The van der Waals surface area contributed by atoms with Crippen LogP contribution in [-0.4, -0.2) is 11.1 Å². The molecular formula is C8H9NO3. The lowest BCUT2D eigenvalue weighted by Gasteiger charge is -2.12. The minimum absolute atomic E-state index is 0.267. The minimum atomic E-state index is -0.409. The fourth-order valence-electron chi connectivity index (χ4n) is 0.521. The van der Waals surface area contributed by atoms with Gasteiger partial charge >= 0.3 is 0 Å². The smallest absolute Gasteiger partial charge is 0.287 e. The Balaban J connectivity index is 4.03. The molecule has 0 bridgehead atoms. The minimum Gasteiger partial charge on any atom is -0.287 e. The first-order chi connectivity index (χ1) is 5.76. The number of hydrogen-bond donors (Lipinski definition) is 0. The Morgan fingerprint density at radius 3 is 2.25 bits per heavy atom. The van der Waals surface area contributed by atoms with Gasteiger partial charge in [0.15, 0.2) is 0 Å². The van der Waals surface area contributed by atoms with Crippen molar-refractivity contribution in [3.05, 3.63) is 0 Å². The summed E-state index contributed by atoms with van der Waals surface area (Å²) in [6.45, 7) is 1.84. The second-order valence-electron chi connectivity index (χ2n) is 1.82. The van der Waals surface area contributed by atoms with Crippen LogP contribution in [0.1, 0.15) is 19.8 Å². The van der Waals surface area contributed by atoms with Crippen LogP contribution in [0.4, 0.5) is 0 Å². The maximum absolute atomic E-state index is 11.0. The van der Waals surface area contributed by atoms with E-state index < -0.39 is 5.91 Å². The first-order valence-electron chi connectivity index (χ1n) is 3.34. The fourth-order valence-corrected chi connectivity index (χ4v) is 0.521. The summed E-state index contributed by atoms with van der Waals surface area (Å²) in [5.41, 5.74) is 0. The van der Waals surface area contributed by atoms with Gasteiger partial charge in [0.25, 0.3) is 5.91 Å². The van der Waals surface area contributed by atoms with Gasteiger partial charge in [-0.1, -0.05) is 19.8 Å². The molecule has 0 saturated heterocycles. The lowest BCUT2D eigenvalue weighted by Crippen LogP contribution is -2.27. The molecule has 4 nitrogen and oxygen atoms in total. The van der Waals surface area contributed by atoms with Gasteiger partial charge in [0.2, 0.25) is 0 Å². The summed E-state index contributed by atoms with van der Waals surface area (Å²) in [4.78, 5) is 19.7. The zero-order valence-electron chi connectivity index (χ0n) is 6.74. The topological polar surface area (TPSA) is 38.8 Å². The Bertz CT molecular complexity index is 207. The predicted molar refractivity (Wildman–Crippen MR) is 41.6 cm³/mol. The zero-order chi connectivity index (χ0) is 9.40. The van der Waals surface area contributed by atoms with Crippen LogP contribution in [0.3, 0.4) is 0 Å². The number of carbonyl (C=O) groups excluding carboxylic acids is 1. The third kappa shape index (κ3) is 3.38. The van der Waals surface area contributed by atoms with Crippen molar-refractivity contribution in [1.82, 2.24) is 5.23 Å². The van der Waals surface area contributed by atoms with E-state index in [-0.39, 0.29) is 6.42 Å². The lowest BCUT2D eigenvalue weighted by atomic mass is 10.3. The lowest BCUT2D eigenvalue weighted by molar-refractivity contribution is -0.277. The van der Waals surface area contributed by atoms with Crippen molar-refractivity contribution in [3.8, 4) is 25.1 Å². The van der Waals surface area contributed by atoms with Gasteiger partial charge in [-0.05, 0) is 6.42 Å². The first kappa shape index (κ1) is 10.2. The Hall–Kier alpha value is -1.81. The number of carbonyl (C=O) groups is 1. The summed E-state index contributed by atoms with van der Waals surface area (Å²) in [7, 11) is 0. The van der Waals surface area contributed by atoms with Gasteiger partial charge in [-0.15, -0.1) is 0 Å². The molecule has 0 aliphatic carbocycles. The molecule has 12 heavy (non-hydrogen) atoms. The second kappa shape index (κ2) is 5.94. The summed E-state index contributed by atoms with van der Waals surface area (Å²) in [5.74, 6) is -0.409. The van der Waals surface area contributed by atoms with E-state index in [9.17, 15) is 4.79 Å². The monoisotopic (exact) mass is 167 g/mol. The van der Waals surface area contributed by atoms with Gasteiger partial charge in [0.05, 0.1) is 0 Å². The molecule has 0 unspecified atom stereocenters. The number of nitrogens with zero attached hydrogens (tertiary/aromatic N) is 1. The Morgan fingerprint density at radius 1 is 1.42 bits per heavy atom. The Morgan fingerprint density at radius 2 is 1.92 bits per heavy atom. The van der Waals surface area contributed by atoms with E-state index in [1.807, 2.05) is 6.92 Å². The summed E-state index contributed by atoms with van der Waals surface area (Å²) in [6.07, 6.45) is 14.0. The molecule has 4 heteroatoms. The zero-order valence-corrected chi connectivity index (χ0v) is 6.74. The summed E-state index contributed by atoms with van der Waals surface area (Å²) in [5, 5.41) is 0.503. The van der Waals surface area contributed by atoms with Crippen LogP contribution in [0, 0.1) is 25.1 Å². The molecule has 0 N–H and O–H groups in total. The van der Waals surface area contributed by atoms with E-state index >= 15 is 0 Å². The predicted octanol–water partition coefficient (Wildman–Crippen LogP) is 0.660. The van der Waals surface area contributed by atoms with Crippen LogP contribution < -0.4 is 0 Å². The number of rotatable bonds is 4. The third-order valence-electron chi connectivity index (χ3n) is 0.939. The van der Waals surface area contributed by atoms with Crippen LogP contribution in [-0.2, 0) is 14.5 Å². The maximum Gasteiger partial charge on any atom is 0.298 e. The molecule has 0 aliphatic heterocycles. The van der Waals surface area contributed by atoms with Gasteiger partial charge in [-0.3, -0.25) is 14.5 Å². The van der Waals surface area contributed by atoms with Crippen LogP contribution >= 0.6 is 0 Å². The van der Waals surface area contributed by atoms with Gasteiger partial charge in [-0.2, -0.15) is 0 Å². The van der Waals surface area contributed by atoms with E-state index in [0.29, 0.717) is 11.6 Å². The molecular weight excluding hydrogens is 158 g/mol. The molecule has 0 atom stereocenters. The van der Waals surface area contributed by atoms with Crippen molar-refractivity contribution in [2.45, 2.75) is 19.8 Å². The SMILES string of the molecule is C#CON(OC#C)C(=O)CCC. The second-order valence-corrected chi connectivity index (χ2v) is 1.82. The number of hydroxylamine groups is 2. The molecule has 1 amide bonds. The summed E-state index contributed by atoms with van der Waals surface area (Å²) >= 11 is 0. The van der Waals surface area contributed by atoms with Gasteiger partial charge in [0.1, 0.15) is 12.2 Å². The quantitative estimate of drug-likeness (QED) is 0.456. The highest BCUT2D eigenvalue weighted by Crippen LogP contribution is 1.98. The molecule has 0 aromatic carbocycles. The van der Waals surface area contributed by atoms with Gasteiger partial charge < -0.3 is 0 Å². The highest BCUT2D eigenvalue weighted by Gasteiger charge is 2.13. The van der Waals surface area contributed by atoms with Crippen molar-refractivity contribution >= 4 is 5.91 Å². The molecule has 64 valence electrons. The van der Waals surface area contributed by atoms with E-state index in [2.05, 4.69) is 9.68 Å². The number of terminal acetylenes is 2. The Kier molecular flexibility index (Phi) is 5.04. The molecule has 0 radical (unpaired) electrons.